The first-order chi connectivity index (χ1) is 9.08. The molecule has 0 heterocycles. The Hall–Kier alpha value is -1.23. The molecule has 1 aliphatic carbocycles. The van der Waals surface area contributed by atoms with Gasteiger partial charge in [0.05, 0.1) is 5.92 Å². The molecule has 3 atom stereocenters. The number of hydrogen-bond donors (Lipinski definition) is 0. The molecule has 2 rings (SSSR count). The monoisotopic (exact) mass is 325 g/mol. The van der Waals surface area contributed by atoms with Gasteiger partial charge in [-0.1, -0.05) is 46.3 Å². The molecule has 19 heavy (non-hydrogen) atoms. The second-order valence-electron chi connectivity index (χ2n) is 4.98. The Morgan fingerprint density at radius 1 is 1.37 bits per heavy atom. The van der Waals surface area contributed by atoms with Crippen molar-refractivity contribution >= 4 is 21.7 Å². The zero-order chi connectivity index (χ0) is 13.8. The molecule has 0 aromatic heterocycles. The highest BCUT2D eigenvalue weighted by atomic mass is 79.9. The lowest BCUT2D eigenvalue weighted by Crippen LogP contribution is -2.33. The summed E-state index contributed by atoms with van der Waals surface area (Å²) in [5.41, 5.74) is 0.888. The SMILES string of the molecule is O=C1CC[C@H](Br)C[C@H]1[C@@H](C[N+](=O)[O-])c1ccccc1. The van der Waals surface area contributed by atoms with Gasteiger partial charge in [0.1, 0.15) is 5.78 Å². The molecule has 1 saturated carbocycles. The summed E-state index contributed by atoms with van der Waals surface area (Å²) in [4.78, 5) is 23.0. The van der Waals surface area contributed by atoms with Gasteiger partial charge in [-0.3, -0.25) is 14.9 Å². The van der Waals surface area contributed by atoms with Gasteiger partial charge >= 0.3 is 0 Å². The van der Waals surface area contributed by atoms with Gasteiger partial charge in [-0.15, -0.1) is 0 Å². The molecule has 1 aromatic carbocycles. The summed E-state index contributed by atoms with van der Waals surface area (Å²) >= 11 is 3.54. The van der Waals surface area contributed by atoms with Crippen molar-refractivity contribution in [1.29, 1.82) is 0 Å². The Kier molecular flexibility index (Phi) is 4.69. The largest absolute Gasteiger partial charge is 0.299 e. The third-order valence-electron chi connectivity index (χ3n) is 3.69. The second-order valence-corrected chi connectivity index (χ2v) is 6.27. The van der Waals surface area contributed by atoms with E-state index in [2.05, 4.69) is 15.9 Å². The molecule has 4 nitrogen and oxygen atoms in total. The number of carbonyl (C=O) groups is 1. The van der Waals surface area contributed by atoms with Gasteiger partial charge in [-0.05, 0) is 18.4 Å². The fourth-order valence-corrected chi connectivity index (χ4v) is 3.36. The first-order valence-electron chi connectivity index (χ1n) is 6.41. The third-order valence-corrected chi connectivity index (χ3v) is 4.52. The molecule has 0 unspecified atom stereocenters. The zero-order valence-corrected chi connectivity index (χ0v) is 12.1. The highest BCUT2D eigenvalue weighted by molar-refractivity contribution is 9.09. The third kappa shape index (κ3) is 3.62. The zero-order valence-electron chi connectivity index (χ0n) is 10.5. The van der Waals surface area contributed by atoms with E-state index in [1.807, 2.05) is 30.3 Å². The van der Waals surface area contributed by atoms with Crippen LogP contribution in [0.1, 0.15) is 30.7 Å². The van der Waals surface area contributed by atoms with Gasteiger partial charge < -0.3 is 0 Å². The molecule has 5 heteroatoms. The fraction of sp³-hybridized carbons (Fsp3) is 0.500. The maximum Gasteiger partial charge on any atom is 0.211 e. The van der Waals surface area contributed by atoms with Crippen LogP contribution in [0.15, 0.2) is 30.3 Å². The van der Waals surface area contributed by atoms with E-state index in [1.165, 1.54) is 0 Å². The Balaban J connectivity index is 2.26. The van der Waals surface area contributed by atoms with Gasteiger partial charge in [-0.2, -0.15) is 0 Å². The summed E-state index contributed by atoms with van der Waals surface area (Å²) in [7, 11) is 0. The Morgan fingerprint density at radius 3 is 2.68 bits per heavy atom. The lowest BCUT2D eigenvalue weighted by molar-refractivity contribution is -0.484. The molecule has 102 valence electrons. The molecule has 0 radical (unpaired) electrons. The van der Waals surface area contributed by atoms with E-state index in [0.29, 0.717) is 12.8 Å². The molecule has 0 N–H and O–H groups in total. The van der Waals surface area contributed by atoms with Crippen LogP contribution in [0.3, 0.4) is 0 Å². The molecule has 1 aliphatic rings. The number of alkyl halides is 1. The van der Waals surface area contributed by atoms with Crippen molar-refractivity contribution in [2.45, 2.75) is 30.0 Å². The fourth-order valence-electron chi connectivity index (χ4n) is 2.72. The number of Topliss-reactive ketones (excluding diaryl/α,β-unsaturated/α-hetero) is 1. The topological polar surface area (TPSA) is 60.2 Å². The quantitative estimate of drug-likeness (QED) is 0.485. The predicted octanol–water partition coefficient (Wildman–Crippen LogP) is 3.18. The average molecular weight is 326 g/mol. The predicted molar refractivity (Wildman–Crippen MR) is 76.1 cm³/mol. The van der Waals surface area contributed by atoms with E-state index < -0.39 is 0 Å². The summed E-state index contributed by atoms with van der Waals surface area (Å²) < 4.78 is 0. The summed E-state index contributed by atoms with van der Waals surface area (Å²) in [5, 5.41) is 10.9. The standard InChI is InChI=1S/C14H16BrNO3/c15-11-6-7-14(17)12(8-11)13(9-16(18)19)10-4-2-1-3-5-10/h1-5,11-13H,6-9H2/t11-,12-,13-/m0/s1. The summed E-state index contributed by atoms with van der Waals surface area (Å²) in [6.45, 7) is -0.180. The number of benzene rings is 1. The Bertz CT molecular complexity index is 463. The summed E-state index contributed by atoms with van der Waals surface area (Å²) in [5.74, 6) is -0.402. The van der Waals surface area contributed by atoms with Crippen molar-refractivity contribution in [2.75, 3.05) is 6.54 Å². The Morgan fingerprint density at radius 2 is 2.05 bits per heavy atom. The van der Waals surface area contributed by atoms with Crippen molar-refractivity contribution in [3.63, 3.8) is 0 Å². The normalized spacial score (nSPS) is 25.0. The lowest BCUT2D eigenvalue weighted by atomic mass is 9.76. The number of hydrogen-bond acceptors (Lipinski definition) is 3. The molecule has 0 amide bonds. The van der Waals surface area contributed by atoms with Crippen LogP contribution in [0.25, 0.3) is 0 Å². The van der Waals surface area contributed by atoms with Gasteiger partial charge in [0.25, 0.3) is 0 Å². The molecule has 0 aliphatic heterocycles. The molecule has 0 bridgehead atoms. The number of carbonyl (C=O) groups excluding carboxylic acids is 1. The van der Waals surface area contributed by atoms with E-state index in [-0.39, 0.29) is 33.9 Å². The molecule has 0 spiro atoms. The molecular formula is C14H16BrNO3. The van der Waals surface area contributed by atoms with Crippen LogP contribution in [-0.4, -0.2) is 22.1 Å². The van der Waals surface area contributed by atoms with Crippen LogP contribution in [0.2, 0.25) is 0 Å². The summed E-state index contributed by atoms with van der Waals surface area (Å²) in [6, 6.07) is 9.35. The minimum absolute atomic E-state index is 0.159. The van der Waals surface area contributed by atoms with Crippen LogP contribution >= 0.6 is 15.9 Å². The Labute approximate surface area is 120 Å². The van der Waals surface area contributed by atoms with Crippen LogP contribution < -0.4 is 0 Å². The van der Waals surface area contributed by atoms with Crippen LogP contribution in [-0.2, 0) is 4.79 Å². The highest BCUT2D eigenvalue weighted by Gasteiger charge is 2.36. The van der Waals surface area contributed by atoms with E-state index in [4.69, 9.17) is 0 Å². The number of halogens is 1. The minimum Gasteiger partial charge on any atom is -0.299 e. The number of nitrogens with zero attached hydrogens (tertiary/aromatic N) is 1. The van der Waals surface area contributed by atoms with Gasteiger partial charge in [-0.25, -0.2) is 0 Å². The van der Waals surface area contributed by atoms with Crippen molar-refractivity contribution in [3.8, 4) is 0 Å². The van der Waals surface area contributed by atoms with Crippen molar-refractivity contribution in [1.82, 2.24) is 0 Å². The smallest absolute Gasteiger partial charge is 0.211 e. The molecule has 1 fully saturated rings. The maximum absolute atomic E-state index is 12.1. The first-order valence-corrected chi connectivity index (χ1v) is 7.33. The second kappa shape index (κ2) is 6.28. The maximum atomic E-state index is 12.1. The average Bonchev–Trinajstić information content (AvgIpc) is 2.40. The number of nitro groups is 1. The van der Waals surface area contributed by atoms with E-state index >= 15 is 0 Å². The van der Waals surface area contributed by atoms with Gasteiger partial charge in [0.2, 0.25) is 6.54 Å². The first kappa shape index (κ1) is 14.2. The van der Waals surface area contributed by atoms with Crippen LogP contribution in [0.4, 0.5) is 0 Å². The van der Waals surface area contributed by atoms with Gasteiger partial charge in [0, 0.05) is 22.1 Å². The summed E-state index contributed by atoms with van der Waals surface area (Å²) in [6.07, 6.45) is 2.03. The minimum atomic E-state index is -0.317. The highest BCUT2D eigenvalue weighted by Crippen LogP contribution is 2.36. The number of ketones is 1. The van der Waals surface area contributed by atoms with E-state index in [1.54, 1.807) is 0 Å². The molecular weight excluding hydrogens is 310 g/mol. The molecule has 0 saturated heterocycles. The van der Waals surface area contributed by atoms with Gasteiger partial charge in [0.15, 0.2) is 0 Å². The van der Waals surface area contributed by atoms with Crippen LogP contribution in [0, 0.1) is 16.0 Å². The van der Waals surface area contributed by atoms with Crippen molar-refractivity contribution in [3.05, 3.63) is 46.0 Å². The van der Waals surface area contributed by atoms with Crippen LogP contribution in [0.5, 0.6) is 0 Å². The molecule has 1 aromatic rings. The van der Waals surface area contributed by atoms with E-state index in [0.717, 1.165) is 12.0 Å². The van der Waals surface area contributed by atoms with E-state index in [9.17, 15) is 14.9 Å². The van der Waals surface area contributed by atoms with Crippen molar-refractivity contribution < 1.29 is 9.72 Å². The lowest BCUT2D eigenvalue weighted by Gasteiger charge is -2.29. The number of rotatable bonds is 4. The van der Waals surface area contributed by atoms with Crippen molar-refractivity contribution in [2.24, 2.45) is 5.92 Å².